The van der Waals surface area contributed by atoms with Crippen molar-refractivity contribution in [3.8, 4) is 5.75 Å². The standard InChI is InChI=1S/C13H15BrN2OS/c1-9(15)6-10-2-3-11(7-16-10)17-8-13-12(14)4-5-18-13/h2-5,7,9H,6,8,15H2,1H3. The molecule has 0 amide bonds. The Labute approximate surface area is 119 Å². The number of ether oxygens (including phenoxy) is 1. The Morgan fingerprint density at radius 2 is 2.28 bits per heavy atom. The summed E-state index contributed by atoms with van der Waals surface area (Å²) in [6, 6.07) is 6.05. The maximum atomic E-state index is 5.73. The lowest BCUT2D eigenvalue weighted by Gasteiger charge is -2.07. The third-order valence-electron chi connectivity index (χ3n) is 2.39. The summed E-state index contributed by atoms with van der Waals surface area (Å²) in [6.45, 7) is 2.53. The van der Waals surface area contributed by atoms with Crippen LogP contribution in [0.3, 0.4) is 0 Å². The number of hydrogen-bond donors (Lipinski definition) is 1. The van der Waals surface area contributed by atoms with Crippen LogP contribution >= 0.6 is 27.3 Å². The maximum absolute atomic E-state index is 5.73. The van der Waals surface area contributed by atoms with Crippen molar-refractivity contribution in [2.45, 2.75) is 26.0 Å². The lowest BCUT2D eigenvalue weighted by atomic mass is 10.2. The molecule has 3 nitrogen and oxygen atoms in total. The Balaban J connectivity index is 1.92. The molecule has 0 aliphatic heterocycles. The number of halogens is 1. The van der Waals surface area contributed by atoms with Gasteiger partial charge in [0, 0.05) is 22.6 Å². The molecule has 2 heterocycles. The lowest BCUT2D eigenvalue weighted by molar-refractivity contribution is 0.307. The summed E-state index contributed by atoms with van der Waals surface area (Å²) < 4.78 is 6.77. The summed E-state index contributed by atoms with van der Waals surface area (Å²) in [5, 5.41) is 2.03. The largest absolute Gasteiger partial charge is 0.486 e. The monoisotopic (exact) mass is 326 g/mol. The number of aromatic nitrogens is 1. The fourth-order valence-corrected chi connectivity index (χ4v) is 2.90. The quantitative estimate of drug-likeness (QED) is 0.916. The minimum absolute atomic E-state index is 0.131. The van der Waals surface area contributed by atoms with Gasteiger partial charge in [0.2, 0.25) is 0 Å². The molecule has 18 heavy (non-hydrogen) atoms. The second kappa shape index (κ2) is 6.31. The van der Waals surface area contributed by atoms with Crippen molar-refractivity contribution < 1.29 is 4.74 Å². The number of rotatable bonds is 5. The van der Waals surface area contributed by atoms with Crippen LogP contribution in [0.4, 0.5) is 0 Å². The average Bonchev–Trinajstić information content (AvgIpc) is 2.73. The SMILES string of the molecule is CC(N)Cc1ccc(OCc2sccc2Br)cn1. The molecular formula is C13H15BrN2OS. The second-order valence-corrected chi connectivity index (χ2v) is 6.00. The van der Waals surface area contributed by atoms with Gasteiger partial charge in [-0.25, -0.2) is 0 Å². The summed E-state index contributed by atoms with van der Waals surface area (Å²) in [4.78, 5) is 5.50. The van der Waals surface area contributed by atoms with Crippen molar-refractivity contribution in [1.82, 2.24) is 4.98 Å². The predicted octanol–water partition coefficient (Wildman–Crippen LogP) is 3.37. The Morgan fingerprint density at radius 1 is 1.44 bits per heavy atom. The molecule has 2 N–H and O–H groups in total. The van der Waals surface area contributed by atoms with Crippen molar-refractivity contribution in [3.05, 3.63) is 44.8 Å². The smallest absolute Gasteiger partial charge is 0.138 e. The summed E-state index contributed by atoms with van der Waals surface area (Å²) in [7, 11) is 0. The third kappa shape index (κ3) is 3.80. The van der Waals surface area contributed by atoms with Crippen LogP contribution in [0.25, 0.3) is 0 Å². The van der Waals surface area contributed by atoms with E-state index in [9.17, 15) is 0 Å². The highest BCUT2D eigenvalue weighted by Crippen LogP contribution is 2.24. The highest BCUT2D eigenvalue weighted by Gasteiger charge is 2.03. The van der Waals surface area contributed by atoms with Crippen LogP contribution in [0, 0.1) is 0 Å². The highest BCUT2D eigenvalue weighted by atomic mass is 79.9. The van der Waals surface area contributed by atoms with E-state index in [2.05, 4.69) is 20.9 Å². The van der Waals surface area contributed by atoms with E-state index in [1.54, 1.807) is 17.5 Å². The van der Waals surface area contributed by atoms with E-state index in [1.165, 1.54) is 4.88 Å². The van der Waals surface area contributed by atoms with Gasteiger partial charge in [0.05, 0.1) is 11.1 Å². The molecule has 1 atom stereocenters. The fraction of sp³-hybridized carbons (Fsp3) is 0.308. The number of nitrogens with two attached hydrogens (primary N) is 1. The molecule has 2 aromatic heterocycles. The van der Waals surface area contributed by atoms with Gasteiger partial charge in [-0.2, -0.15) is 0 Å². The predicted molar refractivity (Wildman–Crippen MR) is 77.9 cm³/mol. The molecule has 96 valence electrons. The molecule has 0 aliphatic carbocycles. The topological polar surface area (TPSA) is 48.1 Å². The van der Waals surface area contributed by atoms with Gasteiger partial charge in [-0.3, -0.25) is 4.98 Å². The van der Waals surface area contributed by atoms with Crippen LogP contribution in [0.1, 0.15) is 17.5 Å². The van der Waals surface area contributed by atoms with Gasteiger partial charge in [-0.15, -0.1) is 11.3 Å². The van der Waals surface area contributed by atoms with Crippen molar-refractivity contribution in [1.29, 1.82) is 0 Å². The van der Waals surface area contributed by atoms with Gasteiger partial charge in [0.15, 0.2) is 0 Å². The van der Waals surface area contributed by atoms with Crippen molar-refractivity contribution in [2.75, 3.05) is 0 Å². The minimum atomic E-state index is 0.131. The zero-order valence-electron chi connectivity index (χ0n) is 10.1. The molecule has 0 bridgehead atoms. The summed E-state index contributed by atoms with van der Waals surface area (Å²) in [5.41, 5.74) is 6.72. The van der Waals surface area contributed by atoms with Gasteiger partial charge in [-0.1, -0.05) is 0 Å². The van der Waals surface area contributed by atoms with E-state index in [1.807, 2.05) is 30.5 Å². The van der Waals surface area contributed by atoms with Crippen LogP contribution in [0.2, 0.25) is 0 Å². The normalized spacial score (nSPS) is 12.4. The van der Waals surface area contributed by atoms with E-state index in [0.29, 0.717) is 6.61 Å². The van der Waals surface area contributed by atoms with Crippen LogP contribution in [0.15, 0.2) is 34.2 Å². The Kier molecular flexibility index (Phi) is 4.74. The Hall–Kier alpha value is -0.910. The molecule has 0 spiro atoms. The molecular weight excluding hydrogens is 312 g/mol. The first kappa shape index (κ1) is 13.5. The summed E-state index contributed by atoms with van der Waals surface area (Å²) >= 11 is 5.15. The van der Waals surface area contributed by atoms with Gasteiger partial charge in [0.1, 0.15) is 12.4 Å². The zero-order chi connectivity index (χ0) is 13.0. The summed E-state index contributed by atoms with van der Waals surface area (Å²) in [6.07, 6.45) is 2.54. The molecule has 1 unspecified atom stereocenters. The first-order chi connectivity index (χ1) is 8.65. The first-order valence-corrected chi connectivity index (χ1v) is 7.37. The van der Waals surface area contributed by atoms with E-state index in [-0.39, 0.29) is 6.04 Å². The van der Waals surface area contributed by atoms with Crippen LogP contribution in [-0.4, -0.2) is 11.0 Å². The minimum Gasteiger partial charge on any atom is -0.486 e. The molecule has 0 fully saturated rings. The van der Waals surface area contributed by atoms with E-state index < -0.39 is 0 Å². The molecule has 0 aromatic carbocycles. The van der Waals surface area contributed by atoms with Crippen molar-refractivity contribution >= 4 is 27.3 Å². The molecule has 0 saturated carbocycles. The first-order valence-electron chi connectivity index (χ1n) is 5.70. The molecule has 0 saturated heterocycles. The molecule has 5 heteroatoms. The number of pyridine rings is 1. The maximum Gasteiger partial charge on any atom is 0.138 e. The van der Waals surface area contributed by atoms with E-state index in [0.717, 1.165) is 22.3 Å². The van der Waals surface area contributed by atoms with Gasteiger partial charge < -0.3 is 10.5 Å². The number of hydrogen-bond acceptors (Lipinski definition) is 4. The molecule has 0 radical (unpaired) electrons. The molecule has 2 aromatic rings. The molecule has 2 rings (SSSR count). The molecule has 0 aliphatic rings. The second-order valence-electron chi connectivity index (χ2n) is 4.15. The van der Waals surface area contributed by atoms with Crippen LogP contribution in [-0.2, 0) is 13.0 Å². The van der Waals surface area contributed by atoms with Crippen LogP contribution < -0.4 is 10.5 Å². The summed E-state index contributed by atoms with van der Waals surface area (Å²) in [5.74, 6) is 0.781. The van der Waals surface area contributed by atoms with Crippen molar-refractivity contribution in [2.24, 2.45) is 5.73 Å². The van der Waals surface area contributed by atoms with Gasteiger partial charge in [0.25, 0.3) is 0 Å². The Bertz CT molecular complexity index is 496. The van der Waals surface area contributed by atoms with E-state index >= 15 is 0 Å². The number of nitrogens with zero attached hydrogens (tertiary/aromatic N) is 1. The Morgan fingerprint density at radius 3 is 2.83 bits per heavy atom. The van der Waals surface area contributed by atoms with Crippen LogP contribution in [0.5, 0.6) is 5.75 Å². The lowest BCUT2D eigenvalue weighted by Crippen LogP contribution is -2.18. The van der Waals surface area contributed by atoms with Crippen molar-refractivity contribution in [3.63, 3.8) is 0 Å². The zero-order valence-corrected chi connectivity index (χ0v) is 12.5. The fourth-order valence-electron chi connectivity index (χ4n) is 1.52. The van der Waals surface area contributed by atoms with E-state index in [4.69, 9.17) is 10.5 Å². The number of thiophene rings is 1. The third-order valence-corrected chi connectivity index (χ3v) is 4.29. The van der Waals surface area contributed by atoms with Gasteiger partial charge >= 0.3 is 0 Å². The highest BCUT2D eigenvalue weighted by molar-refractivity contribution is 9.10. The average molecular weight is 327 g/mol. The van der Waals surface area contributed by atoms with Gasteiger partial charge in [-0.05, 0) is 46.4 Å².